The molecule has 0 heterocycles. The average Bonchev–Trinajstić information content (AvgIpc) is 2.30. The standard InChI is InChI=1S/C13H21FN2O3S/c1-13(2,3)11(7-8-17)16-20(18,19)10-6-4-5-9(14)12(10)15/h4-6,11,16-17H,7-8,15H2,1-3H3. The summed E-state index contributed by atoms with van der Waals surface area (Å²) in [4.78, 5) is -0.287. The number of nitrogen functional groups attached to an aromatic ring is 1. The molecule has 1 atom stereocenters. The third-order valence-electron chi connectivity index (χ3n) is 3.06. The zero-order valence-electron chi connectivity index (χ0n) is 11.9. The van der Waals surface area contributed by atoms with E-state index >= 15 is 0 Å². The number of halogens is 1. The van der Waals surface area contributed by atoms with E-state index < -0.39 is 33.0 Å². The van der Waals surface area contributed by atoms with Crippen LogP contribution in [0.2, 0.25) is 0 Å². The van der Waals surface area contributed by atoms with Crippen molar-refractivity contribution in [2.45, 2.75) is 38.1 Å². The van der Waals surface area contributed by atoms with Crippen molar-refractivity contribution in [1.29, 1.82) is 0 Å². The minimum absolute atomic E-state index is 0.150. The van der Waals surface area contributed by atoms with Crippen molar-refractivity contribution >= 4 is 15.7 Å². The van der Waals surface area contributed by atoms with Crippen LogP contribution in [-0.4, -0.2) is 26.2 Å². The predicted octanol–water partition coefficient (Wildman–Crippen LogP) is 1.48. The Morgan fingerprint density at radius 3 is 2.50 bits per heavy atom. The van der Waals surface area contributed by atoms with Crippen molar-refractivity contribution in [3.63, 3.8) is 0 Å². The fraction of sp³-hybridized carbons (Fsp3) is 0.538. The Morgan fingerprint density at radius 1 is 1.40 bits per heavy atom. The van der Waals surface area contributed by atoms with Gasteiger partial charge in [-0.2, -0.15) is 0 Å². The van der Waals surface area contributed by atoms with Gasteiger partial charge in [0.15, 0.2) is 0 Å². The number of anilines is 1. The third-order valence-corrected chi connectivity index (χ3v) is 4.59. The van der Waals surface area contributed by atoms with Gasteiger partial charge in [0.25, 0.3) is 0 Å². The molecule has 114 valence electrons. The lowest BCUT2D eigenvalue weighted by atomic mass is 9.86. The number of hydrogen-bond donors (Lipinski definition) is 3. The maximum atomic E-state index is 13.4. The maximum Gasteiger partial charge on any atom is 0.242 e. The van der Waals surface area contributed by atoms with Crippen molar-refractivity contribution in [2.24, 2.45) is 5.41 Å². The van der Waals surface area contributed by atoms with E-state index in [-0.39, 0.29) is 17.9 Å². The van der Waals surface area contributed by atoms with Crippen LogP contribution in [0.5, 0.6) is 0 Å². The second-order valence-electron chi connectivity index (χ2n) is 5.70. The molecule has 0 aliphatic rings. The smallest absolute Gasteiger partial charge is 0.242 e. The second kappa shape index (κ2) is 6.07. The van der Waals surface area contributed by atoms with E-state index in [9.17, 15) is 12.8 Å². The highest BCUT2D eigenvalue weighted by molar-refractivity contribution is 7.89. The molecule has 0 amide bonds. The molecule has 1 aromatic rings. The molecule has 7 heteroatoms. The van der Waals surface area contributed by atoms with Gasteiger partial charge in [-0.25, -0.2) is 17.5 Å². The SMILES string of the molecule is CC(C)(C)C(CCO)NS(=O)(=O)c1cccc(F)c1N. The van der Waals surface area contributed by atoms with Gasteiger partial charge in [-0.15, -0.1) is 0 Å². The highest BCUT2D eigenvalue weighted by Crippen LogP contribution is 2.26. The van der Waals surface area contributed by atoms with E-state index in [2.05, 4.69) is 4.72 Å². The number of aliphatic hydroxyl groups is 1. The van der Waals surface area contributed by atoms with Crippen LogP contribution in [0.15, 0.2) is 23.1 Å². The number of hydrogen-bond acceptors (Lipinski definition) is 4. The number of aliphatic hydroxyl groups excluding tert-OH is 1. The van der Waals surface area contributed by atoms with Gasteiger partial charge in [0.1, 0.15) is 10.7 Å². The number of nitrogens with one attached hydrogen (secondary N) is 1. The number of para-hydroxylation sites is 1. The lowest BCUT2D eigenvalue weighted by molar-refractivity contribution is 0.214. The van der Waals surface area contributed by atoms with Gasteiger partial charge >= 0.3 is 0 Å². The molecule has 1 aromatic carbocycles. The van der Waals surface area contributed by atoms with E-state index in [4.69, 9.17) is 10.8 Å². The van der Waals surface area contributed by atoms with Gasteiger partial charge in [-0.05, 0) is 24.0 Å². The Labute approximate surface area is 119 Å². The maximum absolute atomic E-state index is 13.4. The average molecular weight is 304 g/mol. The van der Waals surface area contributed by atoms with Gasteiger partial charge in [-0.1, -0.05) is 26.8 Å². The number of rotatable bonds is 5. The van der Waals surface area contributed by atoms with E-state index in [1.54, 1.807) is 0 Å². The highest BCUT2D eigenvalue weighted by atomic mass is 32.2. The van der Waals surface area contributed by atoms with Gasteiger partial charge in [0, 0.05) is 12.6 Å². The molecule has 0 aliphatic heterocycles. The Hall–Kier alpha value is -1.18. The lowest BCUT2D eigenvalue weighted by Gasteiger charge is -2.31. The molecule has 1 unspecified atom stereocenters. The Morgan fingerprint density at radius 2 is 2.00 bits per heavy atom. The van der Waals surface area contributed by atoms with Crippen LogP contribution >= 0.6 is 0 Å². The number of nitrogens with two attached hydrogens (primary N) is 1. The molecule has 0 radical (unpaired) electrons. The van der Waals surface area contributed by atoms with Crippen LogP contribution in [0, 0.1) is 11.2 Å². The first kappa shape index (κ1) is 16.9. The Kier molecular flexibility index (Phi) is 5.12. The molecule has 0 aromatic heterocycles. The van der Waals surface area contributed by atoms with Crippen LogP contribution in [0.1, 0.15) is 27.2 Å². The highest BCUT2D eigenvalue weighted by Gasteiger charge is 2.30. The van der Waals surface area contributed by atoms with Crippen molar-refractivity contribution in [1.82, 2.24) is 4.72 Å². The molecule has 4 N–H and O–H groups in total. The summed E-state index contributed by atoms with van der Waals surface area (Å²) in [6, 6.07) is 3.15. The summed E-state index contributed by atoms with van der Waals surface area (Å²) in [7, 11) is -3.94. The third kappa shape index (κ3) is 3.91. The molecule has 0 saturated heterocycles. The molecule has 0 fully saturated rings. The molecule has 0 spiro atoms. The fourth-order valence-electron chi connectivity index (χ4n) is 1.80. The van der Waals surface area contributed by atoms with Crippen LogP contribution in [0.4, 0.5) is 10.1 Å². The van der Waals surface area contributed by atoms with Crippen molar-refractivity contribution in [3.8, 4) is 0 Å². The summed E-state index contributed by atoms with van der Waals surface area (Å²) in [6.07, 6.45) is 0.262. The molecule has 5 nitrogen and oxygen atoms in total. The van der Waals surface area contributed by atoms with Crippen LogP contribution in [-0.2, 0) is 10.0 Å². The summed E-state index contributed by atoms with van der Waals surface area (Å²) >= 11 is 0. The normalized spacial score (nSPS) is 14.2. The predicted molar refractivity (Wildman–Crippen MR) is 76.1 cm³/mol. The summed E-state index contributed by atoms with van der Waals surface area (Å²) in [5.74, 6) is -0.776. The van der Waals surface area contributed by atoms with Crippen LogP contribution in [0.3, 0.4) is 0 Å². The Bertz CT molecular complexity index is 567. The quantitative estimate of drug-likeness (QED) is 0.718. The molecule has 1 rings (SSSR count). The van der Waals surface area contributed by atoms with Gasteiger partial charge < -0.3 is 10.8 Å². The molecular formula is C13H21FN2O3S. The van der Waals surface area contributed by atoms with Crippen molar-refractivity contribution < 1.29 is 17.9 Å². The molecule has 0 bridgehead atoms. The van der Waals surface area contributed by atoms with Crippen LogP contribution < -0.4 is 10.5 Å². The molecular weight excluding hydrogens is 283 g/mol. The van der Waals surface area contributed by atoms with Crippen molar-refractivity contribution in [3.05, 3.63) is 24.0 Å². The summed E-state index contributed by atoms with van der Waals surface area (Å²) in [6.45, 7) is 5.41. The first-order chi connectivity index (χ1) is 9.09. The van der Waals surface area contributed by atoms with Gasteiger partial charge in [-0.3, -0.25) is 0 Å². The topological polar surface area (TPSA) is 92.4 Å². The first-order valence-electron chi connectivity index (χ1n) is 6.27. The zero-order chi connectivity index (χ0) is 15.6. The molecule has 0 saturated carbocycles. The molecule has 0 aliphatic carbocycles. The number of benzene rings is 1. The summed E-state index contributed by atoms with van der Waals surface area (Å²) in [5.41, 5.74) is 4.69. The van der Waals surface area contributed by atoms with Crippen molar-refractivity contribution in [2.75, 3.05) is 12.3 Å². The minimum atomic E-state index is -3.94. The lowest BCUT2D eigenvalue weighted by Crippen LogP contribution is -2.44. The second-order valence-corrected chi connectivity index (χ2v) is 7.39. The van der Waals surface area contributed by atoms with Gasteiger partial charge in [0.2, 0.25) is 10.0 Å². The largest absolute Gasteiger partial charge is 0.396 e. The zero-order valence-corrected chi connectivity index (χ0v) is 12.7. The Balaban J connectivity index is 3.14. The number of sulfonamides is 1. The van der Waals surface area contributed by atoms with E-state index in [0.29, 0.717) is 0 Å². The minimum Gasteiger partial charge on any atom is -0.396 e. The van der Waals surface area contributed by atoms with E-state index in [0.717, 1.165) is 6.07 Å². The van der Waals surface area contributed by atoms with Crippen LogP contribution in [0.25, 0.3) is 0 Å². The monoisotopic (exact) mass is 304 g/mol. The van der Waals surface area contributed by atoms with E-state index in [1.165, 1.54) is 12.1 Å². The van der Waals surface area contributed by atoms with Gasteiger partial charge in [0.05, 0.1) is 5.69 Å². The summed E-state index contributed by atoms with van der Waals surface area (Å²) < 4.78 is 40.5. The first-order valence-corrected chi connectivity index (χ1v) is 7.75. The summed E-state index contributed by atoms with van der Waals surface area (Å²) in [5, 5.41) is 9.05. The van der Waals surface area contributed by atoms with E-state index in [1.807, 2.05) is 20.8 Å². The molecule has 20 heavy (non-hydrogen) atoms. The fourth-order valence-corrected chi connectivity index (χ4v) is 3.42.